The van der Waals surface area contributed by atoms with Gasteiger partial charge in [-0.15, -0.1) is 0 Å². The van der Waals surface area contributed by atoms with Crippen molar-refractivity contribution in [1.82, 2.24) is 0 Å². The minimum Gasteiger partial charge on any atom is -0.504 e. The molecule has 1 N–H and O–H groups in total. The summed E-state index contributed by atoms with van der Waals surface area (Å²) in [5, 5.41) is 11.4. The molecule has 4 amide bonds. The van der Waals surface area contributed by atoms with Crippen LogP contribution in [0.3, 0.4) is 0 Å². The summed E-state index contributed by atoms with van der Waals surface area (Å²) in [7, 11) is 1.33. The zero-order valence-electron chi connectivity index (χ0n) is 26.4. The smallest absolute Gasteiger partial charge is 0.416 e. The molecular weight excluding hydrogens is 670 g/mol. The van der Waals surface area contributed by atoms with Crippen molar-refractivity contribution in [3.63, 3.8) is 0 Å². The summed E-state index contributed by atoms with van der Waals surface area (Å²) in [5.74, 6) is -8.90. The second-order valence-corrected chi connectivity index (χ2v) is 13.2. The third-order valence-electron chi connectivity index (χ3n) is 10.7. The van der Waals surface area contributed by atoms with Crippen LogP contribution in [0.15, 0.2) is 78.4 Å². The molecule has 3 aromatic carbocycles. The summed E-state index contributed by atoms with van der Waals surface area (Å²) in [6, 6.07) is 13.4. The molecule has 3 fully saturated rings. The Morgan fingerprint density at radius 2 is 1.42 bits per heavy atom. The van der Waals surface area contributed by atoms with Gasteiger partial charge >= 0.3 is 12.4 Å². The number of carbonyl (C=O) groups is 4. The van der Waals surface area contributed by atoms with E-state index in [4.69, 9.17) is 4.74 Å². The zero-order valence-corrected chi connectivity index (χ0v) is 26.4. The molecule has 0 spiro atoms. The molecule has 6 atom stereocenters. The maximum absolute atomic E-state index is 14.5. The summed E-state index contributed by atoms with van der Waals surface area (Å²) in [4.78, 5) is 58.1. The molecule has 2 heterocycles. The van der Waals surface area contributed by atoms with Crippen molar-refractivity contribution in [1.29, 1.82) is 0 Å². The Morgan fingerprint density at radius 3 is 2.02 bits per heavy atom. The normalized spacial score (nSPS) is 28.0. The number of allylic oxidation sites excluding steroid dienone is 2. The van der Waals surface area contributed by atoms with Crippen LogP contribution in [0.1, 0.15) is 42.4 Å². The molecule has 0 unspecified atom stereocenters. The number of halogens is 6. The minimum absolute atomic E-state index is 0.0686. The molecule has 0 radical (unpaired) electrons. The van der Waals surface area contributed by atoms with E-state index in [1.54, 1.807) is 55.5 Å². The number of para-hydroxylation sites is 2. The Hall–Kier alpha value is -5.14. The number of carbonyl (C=O) groups excluding carboxylic acids is 4. The van der Waals surface area contributed by atoms with E-state index >= 15 is 0 Å². The average Bonchev–Trinajstić information content (AvgIpc) is 3.44. The fraction of sp³-hybridized carbons (Fsp3) is 0.333. The predicted molar refractivity (Wildman–Crippen MR) is 165 cm³/mol. The molecule has 2 aliphatic heterocycles. The van der Waals surface area contributed by atoms with Gasteiger partial charge in [-0.2, -0.15) is 26.3 Å². The van der Waals surface area contributed by atoms with Crippen molar-refractivity contribution < 1.29 is 55.4 Å². The van der Waals surface area contributed by atoms with E-state index in [0.29, 0.717) is 28.3 Å². The molecule has 3 aromatic rings. The number of nitrogens with zero attached hydrogens (tertiary/aromatic N) is 2. The van der Waals surface area contributed by atoms with E-state index in [-0.39, 0.29) is 36.0 Å². The molecule has 2 aliphatic carbocycles. The molecule has 7 rings (SSSR count). The van der Waals surface area contributed by atoms with Crippen LogP contribution < -0.4 is 14.5 Å². The highest BCUT2D eigenvalue weighted by molar-refractivity contribution is 6.25. The third kappa shape index (κ3) is 4.74. The van der Waals surface area contributed by atoms with E-state index in [1.807, 2.05) is 0 Å². The zero-order chi connectivity index (χ0) is 36.1. The van der Waals surface area contributed by atoms with E-state index in [9.17, 15) is 50.6 Å². The topological polar surface area (TPSA) is 104 Å². The van der Waals surface area contributed by atoms with Gasteiger partial charge in [0.15, 0.2) is 11.5 Å². The molecule has 260 valence electrons. The molecule has 14 heteroatoms. The number of hydrogen-bond donors (Lipinski definition) is 1. The number of methoxy groups -OCH3 is 1. The molecule has 4 aliphatic rings. The van der Waals surface area contributed by atoms with Gasteiger partial charge in [-0.05, 0) is 62.1 Å². The number of hydrogen-bond acceptors (Lipinski definition) is 6. The summed E-state index contributed by atoms with van der Waals surface area (Å²) in [6.45, 7) is 1.60. The average molecular weight is 699 g/mol. The lowest BCUT2D eigenvalue weighted by Gasteiger charge is -2.49. The van der Waals surface area contributed by atoms with Gasteiger partial charge in [0.05, 0.1) is 52.8 Å². The van der Waals surface area contributed by atoms with Crippen molar-refractivity contribution in [2.24, 2.45) is 29.1 Å². The SMILES string of the molecule is COc1cccc([C@H]2C3=CC[C@@H]4C(=O)N(c5cc(C(F)(F)F)cc(C(F)(F)F)c5)C(=O)[C@@H]4[C@@H]3C[C@H]3C(=O)N(c4ccccc4)C(=O)[C@@]23C)c1O. The summed E-state index contributed by atoms with van der Waals surface area (Å²) >= 11 is 0. The molecule has 8 nitrogen and oxygen atoms in total. The Balaban J connectivity index is 1.37. The number of ether oxygens (including phenoxy) is 1. The highest BCUT2D eigenvalue weighted by Gasteiger charge is 2.68. The lowest BCUT2D eigenvalue weighted by Crippen LogP contribution is -2.48. The summed E-state index contributed by atoms with van der Waals surface area (Å²) in [5.41, 5.74) is -4.80. The maximum Gasteiger partial charge on any atom is 0.416 e. The summed E-state index contributed by atoms with van der Waals surface area (Å²) < 4.78 is 87.8. The Morgan fingerprint density at radius 1 is 0.780 bits per heavy atom. The van der Waals surface area contributed by atoms with Crippen molar-refractivity contribution >= 4 is 35.0 Å². The lowest BCUT2D eigenvalue weighted by atomic mass is 9.51. The highest BCUT2D eigenvalue weighted by atomic mass is 19.4. The van der Waals surface area contributed by atoms with Crippen LogP contribution in [-0.2, 0) is 31.5 Å². The van der Waals surface area contributed by atoms with Crippen LogP contribution in [-0.4, -0.2) is 35.8 Å². The molecular formula is C36H28F6N2O6. The van der Waals surface area contributed by atoms with Gasteiger partial charge in [-0.3, -0.25) is 19.2 Å². The number of alkyl halides is 6. The molecule has 0 bridgehead atoms. The second-order valence-electron chi connectivity index (χ2n) is 13.2. The van der Waals surface area contributed by atoms with Gasteiger partial charge in [-0.25, -0.2) is 9.80 Å². The first-order valence-corrected chi connectivity index (χ1v) is 15.7. The maximum atomic E-state index is 14.5. The Bertz CT molecular complexity index is 1960. The van der Waals surface area contributed by atoms with Gasteiger partial charge < -0.3 is 9.84 Å². The van der Waals surface area contributed by atoms with Crippen molar-refractivity contribution in [2.75, 3.05) is 16.9 Å². The Labute approximate surface area is 280 Å². The largest absolute Gasteiger partial charge is 0.504 e. The number of benzene rings is 3. The Kier molecular flexibility index (Phi) is 7.47. The van der Waals surface area contributed by atoms with Gasteiger partial charge in [-0.1, -0.05) is 42.0 Å². The molecule has 50 heavy (non-hydrogen) atoms. The number of imide groups is 2. The number of fused-ring (bicyclic) bond motifs is 4. The van der Waals surface area contributed by atoms with Crippen molar-refractivity contribution in [2.45, 2.75) is 38.0 Å². The predicted octanol–water partition coefficient (Wildman–Crippen LogP) is 6.87. The van der Waals surface area contributed by atoms with E-state index < -0.39 is 87.8 Å². The van der Waals surface area contributed by atoms with Crippen LogP contribution in [0.4, 0.5) is 37.7 Å². The summed E-state index contributed by atoms with van der Waals surface area (Å²) in [6.07, 6.45) is -9.05. The van der Waals surface area contributed by atoms with E-state index in [1.165, 1.54) is 13.2 Å². The van der Waals surface area contributed by atoms with Crippen LogP contribution in [0.25, 0.3) is 0 Å². The van der Waals surface area contributed by atoms with Crippen LogP contribution in [0.5, 0.6) is 11.5 Å². The number of phenols is 1. The van der Waals surface area contributed by atoms with Crippen LogP contribution in [0, 0.1) is 29.1 Å². The quantitative estimate of drug-likeness (QED) is 0.181. The minimum atomic E-state index is -5.22. The number of amides is 4. The van der Waals surface area contributed by atoms with E-state index in [0.717, 1.165) is 4.90 Å². The van der Waals surface area contributed by atoms with Gasteiger partial charge in [0.25, 0.3) is 0 Å². The number of aromatic hydroxyl groups is 1. The number of anilines is 2. The van der Waals surface area contributed by atoms with Crippen molar-refractivity contribution in [3.8, 4) is 11.5 Å². The second kappa shape index (κ2) is 11.2. The van der Waals surface area contributed by atoms with Gasteiger partial charge in [0.2, 0.25) is 23.6 Å². The molecule has 0 aromatic heterocycles. The van der Waals surface area contributed by atoms with Gasteiger partial charge in [0.1, 0.15) is 0 Å². The molecule has 2 saturated heterocycles. The van der Waals surface area contributed by atoms with Crippen LogP contribution >= 0.6 is 0 Å². The van der Waals surface area contributed by atoms with Gasteiger partial charge in [0, 0.05) is 11.5 Å². The first-order chi connectivity index (χ1) is 23.5. The van der Waals surface area contributed by atoms with Crippen LogP contribution in [0.2, 0.25) is 0 Å². The first-order valence-electron chi connectivity index (χ1n) is 15.7. The lowest BCUT2D eigenvalue weighted by molar-refractivity contribution is -0.143. The molecule has 1 saturated carbocycles. The number of phenolic OH excluding ortho intramolecular Hbond substituents is 1. The van der Waals surface area contributed by atoms with Crippen molar-refractivity contribution in [3.05, 3.63) is 95.1 Å². The standard InChI is InChI=1S/C36H28F6N2O6/c1-34-25(31(47)44(33(34)49)19-7-4-3-5-8-19)16-24-21(28(34)23-9-6-10-26(50-2)29(23)45)11-12-22-27(24)32(48)43(30(22)46)20-14-17(35(37,38)39)13-18(15-20)36(40,41)42/h3-11,13-15,22,24-25,27-28,45H,12,16H2,1-2H3/t22-,24+,25-,27-,28+,34+/m0/s1. The number of rotatable bonds is 4. The van der Waals surface area contributed by atoms with E-state index in [2.05, 4.69) is 0 Å². The first kappa shape index (κ1) is 33.4. The highest BCUT2D eigenvalue weighted by Crippen LogP contribution is 2.65. The fourth-order valence-electron chi connectivity index (χ4n) is 8.44. The monoisotopic (exact) mass is 698 g/mol. The fourth-order valence-corrected chi connectivity index (χ4v) is 8.44. The third-order valence-corrected chi connectivity index (χ3v) is 10.7.